The first kappa shape index (κ1) is 16.4. The van der Waals surface area contributed by atoms with Gasteiger partial charge in [0.25, 0.3) is 0 Å². The second kappa shape index (κ2) is 5.78. The maximum Gasteiger partial charge on any atom is 0.573 e. The van der Waals surface area contributed by atoms with Crippen LogP contribution in [-0.2, 0) is 0 Å². The van der Waals surface area contributed by atoms with Gasteiger partial charge in [-0.15, -0.1) is 26.3 Å². The fraction of sp³-hybridized carbons (Fsp3) is 0.364. The quantitative estimate of drug-likeness (QED) is 0.867. The maximum atomic E-state index is 12.1. The molecular weight excluding hydrogens is 294 g/mol. The van der Waals surface area contributed by atoms with Gasteiger partial charge < -0.3 is 14.6 Å². The van der Waals surface area contributed by atoms with Crippen molar-refractivity contribution in [3.05, 3.63) is 30.7 Å². The molecule has 1 aromatic carbocycles. The Balaban J connectivity index is 3.14. The van der Waals surface area contributed by atoms with Crippen molar-refractivity contribution in [3.63, 3.8) is 0 Å². The minimum atomic E-state index is -5.07. The van der Waals surface area contributed by atoms with Gasteiger partial charge in [0.15, 0.2) is 0 Å². The molecule has 9 heteroatoms. The second-order valence-corrected chi connectivity index (χ2v) is 3.71. The van der Waals surface area contributed by atoms with E-state index >= 15 is 0 Å². The molecule has 20 heavy (non-hydrogen) atoms. The molecule has 1 radical (unpaired) electrons. The Morgan fingerprint density at radius 2 is 1.35 bits per heavy atom. The highest BCUT2D eigenvalue weighted by Gasteiger charge is 2.34. The van der Waals surface area contributed by atoms with Gasteiger partial charge in [-0.2, -0.15) is 0 Å². The van der Waals surface area contributed by atoms with Gasteiger partial charge in [0, 0.05) is 18.6 Å². The first-order valence-corrected chi connectivity index (χ1v) is 5.10. The third-order valence-corrected chi connectivity index (χ3v) is 2.06. The van der Waals surface area contributed by atoms with Crippen LogP contribution in [0.5, 0.6) is 11.5 Å². The molecule has 0 heterocycles. The Bertz CT molecular complexity index is 420. The van der Waals surface area contributed by atoms with Crippen LogP contribution in [0.15, 0.2) is 18.2 Å². The van der Waals surface area contributed by atoms with E-state index in [1.54, 1.807) is 0 Å². The van der Waals surface area contributed by atoms with Crippen molar-refractivity contribution in [3.8, 4) is 11.5 Å². The van der Waals surface area contributed by atoms with Gasteiger partial charge in [-0.1, -0.05) is 0 Å². The van der Waals surface area contributed by atoms with Crippen molar-refractivity contribution in [2.45, 2.75) is 18.6 Å². The van der Waals surface area contributed by atoms with Crippen molar-refractivity contribution < 1.29 is 40.9 Å². The number of rotatable bonds is 4. The van der Waals surface area contributed by atoms with Crippen LogP contribution in [0.3, 0.4) is 0 Å². The Kier molecular flexibility index (Phi) is 4.74. The van der Waals surface area contributed by atoms with Crippen LogP contribution in [0.25, 0.3) is 0 Å². The first-order valence-electron chi connectivity index (χ1n) is 5.10. The number of hydrogen-bond donors (Lipinski definition) is 1. The lowest BCUT2D eigenvalue weighted by atomic mass is 10.0. The molecule has 0 saturated heterocycles. The molecule has 0 fully saturated rings. The molecular formula is C11H9F6O3. The van der Waals surface area contributed by atoms with Gasteiger partial charge in [0.2, 0.25) is 0 Å². The molecule has 113 valence electrons. The monoisotopic (exact) mass is 303 g/mol. The van der Waals surface area contributed by atoms with E-state index in [2.05, 4.69) is 16.4 Å². The minimum absolute atomic E-state index is 0.0894. The SMILES string of the molecule is [CH2]C(CO)c1cc(OC(F)(F)F)cc(OC(F)(F)F)c1. The van der Waals surface area contributed by atoms with Crippen LogP contribution in [0.4, 0.5) is 26.3 Å². The lowest BCUT2D eigenvalue weighted by Gasteiger charge is -2.16. The molecule has 0 amide bonds. The predicted molar refractivity (Wildman–Crippen MR) is 55.0 cm³/mol. The van der Waals surface area contributed by atoms with Crippen molar-refractivity contribution in [1.29, 1.82) is 0 Å². The van der Waals surface area contributed by atoms with Gasteiger partial charge in [-0.3, -0.25) is 0 Å². The van der Waals surface area contributed by atoms with E-state index < -0.39 is 36.7 Å². The number of halogens is 6. The van der Waals surface area contributed by atoms with E-state index in [9.17, 15) is 26.3 Å². The van der Waals surface area contributed by atoms with Crippen LogP contribution in [0.1, 0.15) is 11.5 Å². The maximum absolute atomic E-state index is 12.1. The van der Waals surface area contributed by atoms with Gasteiger partial charge in [0.05, 0.1) is 0 Å². The number of ether oxygens (including phenoxy) is 2. The minimum Gasteiger partial charge on any atom is -0.406 e. The van der Waals surface area contributed by atoms with Gasteiger partial charge in [0.1, 0.15) is 11.5 Å². The average Bonchev–Trinajstić information content (AvgIpc) is 2.22. The molecule has 0 aromatic heterocycles. The van der Waals surface area contributed by atoms with Crippen LogP contribution in [0, 0.1) is 6.92 Å². The topological polar surface area (TPSA) is 38.7 Å². The fourth-order valence-electron chi connectivity index (χ4n) is 1.32. The summed E-state index contributed by atoms with van der Waals surface area (Å²) in [5.41, 5.74) is -0.0894. The normalized spacial score (nSPS) is 14.0. The molecule has 1 unspecified atom stereocenters. The smallest absolute Gasteiger partial charge is 0.406 e. The van der Waals surface area contributed by atoms with Crippen molar-refractivity contribution in [1.82, 2.24) is 0 Å². The largest absolute Gasteiger partial charge is 0.573 e. The third-order valence-electron chi connectivity index (χ3n) is 2.06. The number of hydrogen-bond acceptors (Lipinski definition) is 3. The Morgan fingerprint density at radius 3 is 1.65 bits per heavy atom. The molecule has 0 saturated carbocycles. The van der Waals surface area contributed by atoms with Gasteiger partial charge in [-0.05, 0) is 24.6 Å². The fourth-order valence-corrected chi connectivity index (χ4v) is 1.32. The highest BCUT2D eigenvalue weighted by molar-refractivity contribution is 5.40. The summed E-state index contributed by atoms with van der Waals surface area (Å²) in [5.74, 6) is -2.71. The van der Waals surface area contributed by atoms with Gasteiger partial charge >= 0.3 is 12.7 Å². The summed E-state index contributed by atoms with van der Waals surface area (Å²) in [4.78, 5) is 0. The number of aliphatic hydroxyl groups excluding tert-OH is 1. The highest BCUT2D eigenvalue weighted by atomic mass is 19.4. The molecule has 0 bridgehead atoms. The molecule has 0 aliphatic heterocycles. The summed E-state index contributed by atoms with van der Waals surface area (Å²) in [5, 5.41) is 8.85. The summed E-state index contributed by atoms with van der Waals surface area (Å²) in [6, 6.07) is 2.09. The van der Waals surface area contributed by atoms with Crippen LogP contribution in [-0.4, -0.2) is 24.4 Å². The molecule has 1 aromatic rings. The Morgan fingerprint density at radius 1 is 0.950 bits per heavy atom. The summed E-state index contributed by atoms with van der Waals surface area (Å²) >= 11 is 0. The Labute approximate surface area is 109 Å². The lowest BCUT2D eigenvalue weighted by Crippen LogP contribution is -2.19. The summed E-state index contributed by atoms with van der Waals surface area (Å²) < 4.78 is 79.5. The molecule has 0 aliphatic rings. The van der Waals surface area contributed by atoms with Crippen LogP contribution < -0.4 is 9.47 Å². The second-order valence-electron chi connectivity index (χ2n) is 3.71. The highest BCUT2D eigenvalue weighted by Crippen LogP contribution is 2.33. The van der Waals surface area contributed by atoms with E-state index in [-0.39, 0.29) is 5.56 Å². The van der Waals surface area contributed by atoms with Crippen LogP contribution in [0.2, 0.25) is 0 Å². The molecule has 0 aliphatic carbocycles. The molecule has 1 rings (SSSR count). The van der Waals surface area contributed by atoms with Crippen molar-refractivity contribution in [2.75, 3.05) is 6.61 Å². The zero-order chi connectivity index (χ0) is 15.6. The zero-order valence-electron chi connectivity index (χ0n) is 9.76. The first-order chi connectivity index (χ1) is 9.00. The molecule has 1 atom stereocenters. The standard InChI is InChI=1S/C11H9F6O3/c1-6(5-18)7-2-8(19-10(12,13)14)4-9(3-7)20-11(15,16)17/h2-4,6,18H,1,5H2. The summed E-state index contributed by atoms with van der Waals surface area (Å²) in [7, 11) is 0. The summed E-state index contributed by atoms with van der Waals surface area (Å²) in [6.45, 7) is 2.81. The van der Waals surface area contributed by atoms with E-state index in [4.69, 9.17) is 5.11 Å². The van der Waals surface area contributed by atoms with E-state index in [1.165, 1.54) is 0 Å². The number of alkyl halides is 6. The summed E-state index contributed by atoms with van der Waals surface area (Å²) in [6.07, 6.45) is -10.1. The lowest BCUT2D eigenvalue weighted by molar-refractivity contribution is -0.276. The average molecular weight is 303 g/mol. The molecule has 1 N–H and O–H groups in total. The Hall–Kier alpha value is -1.64. The zero-order valence-corrected chi connectivity index (χ0v) is 9.76. The predicted octanol–water partition coefficient (Wildman–Crippen LogP) is 3.39. The number of benzene rings is 1. The molecule has 3 nitrogen and oxygen atoms in total. The van der Waals surface area contributed by atoms with Crippen molar-refractivity contribution >= 4 is 0 Å². The van der Waals surface area contributed by atoms with E-state index in [0.717, 1.165) is 12.1 Å². The molecule has 0 spiro atoms. The van der Waals surface area contributed by atoms with Crippen molar-refractivity contribution in [2.24, 2.45) is 0 Å². The van der Waals surface area contributed by atoms with Gasteiger partial charge in [-0.25, -0.2) is 0 Å². The van der Waals surface area contributed by atoms with Crippen LogP contribution >= 0.6 is 0 Å². The number of aliphatic hydroxyl groups is 1. The van der Waals surface area contributed by atoms with E-state index in [0.29, 0.717) is 6.07 Å². The third kappa shape index (κ3) is 5.55. The van der Waals surface area contributed by atoms with E-state index in [1.807, 2.05) is 0 Å².